The second-order valence-electron chi connectivity index (χ2n) is 4.13. The Bertz CT molecular complexity index is 763. The first-order valence-electron chi connectivity index (χ1n) is 5.80. The fourth-order valence-electron chi connectivity index (χ4n) is 1.76. The molecule has 0 aliphatic rings. The molecule has 0 spiro atoms. The Morgan fingerprint density at radius 2 is 1.32 bits per heavy atom. The third kappa shape index (κ3) is 3.45. The molecule has 114 valence electrons. The van der Waals surface area contributed by atoms with Crippen LogP contribution in [-0.4, -0.2) is 17.0 Å². The molecule has 0 radical (unpaired) electrons. The molecule has 0 aliphatic carbocycles. The van der Waals surface area contributed by atoms with E-state index >= 15 is 0 Å². The molecule has 0 unspecified atom stereocenters. The average Bonchev–Trinajstić information content (AvgIpc) is 2.49. The Morgan fingerprint density at radius 3 is 1.82 bits per heavy atom. The van der Waals surface area contributed by atoms with Crippen LogP contribution in [-0.2, 0) is 0 Å². The van der Waals surface area contributed by atoms with Crippen molar-refractivity contribution in [3.05, 3.63) is 59.3 Å². The van der Waals surface area contributed by atoms with Gasteiger partial charge in [0.2, 0.25) is 0 Å². The quantitative estimate of drug-likeness (QED) is 0.377. The van der Waals surface area contributed by atoms with Crippen LogP contribution in [0.2, 0.25) is 0 Å². The van der Waals surface area contributed by atoms with Crippen LogP contribution in [0.3, 0.4) is 0 Å². The number of anilines is 1. The zero-order chi connectivity index (χ0) is 16.4. The van der Waals surface area contributed by atoms with Gasteiger partial charge in [-0.25, -0.2) is 4.79 Å². The number of carboxylic acid groups (broad SMARTS) is 1. The van der Waals surface area contributed by atoms with E-state index < -0.39 is 11.9 Å². The minimum Gasteiger partial charge on any atom is -0.478 e. The number of carboxylic acids is 1. The molecule has 0 fully saturated rings. The van der Waals surface area contributed by atoms with E-state index in [1.54, 1.807) is 24.3 Å². The second kappa shape index (κ2) is 7.25. The molecule has 4 nitrogen and oxygen atoms in total. The average molecular weight is 557 g/mol. The van der Waals surface area contributed by atoms with Crippen molar-refractivity contribution < 1.29 is 14.7 Å². The van der Waals surface area contributed by atoms with E-state index in [1.807, 2.05) is 6.07 Å². The van der Waals surface area contributed by atoms with Gasteiger partial charge >= 0.3 is 5.97 Å². The van der Waals surface area contributed by atoms with E-state index in [9.17, 15) is 14.7 Å². The van der Waals surface area contributed by atoms with Gasteiger partial charge in [0.05, 0.1) is 11.1 Å². The number of hydrogen-bond acceptors (Lipinski definition) is 2. The summed E-state index contributed by atoms with van der Waals surface area (Å²) >= 11 is 13.1. The lowest BCUT2D eigenvalue weighted by Gasteiger charge is -2.14. The Morgan fingerprint density at radius 1 is 0.818 bits per heavy atom. The molecule has 2 N–H and O–H groups in total. The highest BCUT2D eigenvalue weighted by Gasteiger charge is 2.27. The normalized spacial score (nSPS) is 10.4. The lowest BCUT2D eigenvalue weighted by Crippen LogP contribution is -2.18. The molecular weight excluding hydrogens is 550 g/mol. The van der Waals surface area contributed by atoms with Gasteiger partial charge in [-0.3, -0.25) is 4.79 Å². The number of carbonyl (C=O) groups is 2. The minimum atomic E-state index is -1.21. The first-order valence-corrected chi connectivity index (χ1v) is 8.97. The van der Waals surface area contributed by atoms with E-state index in [1.165, 1.54) is 0 Å². The Labute approximate surface area is 159 Å². The third-order valence-electron chi connectivity index (χ3n) is 2.74. The maximum atomic E-state index is 12.5. The van der Waals surface area contributed by atoms with Crippen LogP contribution in [0, 0.1) is 0 Å². The lowest BCUT2D eigenvalue weighted by atomic mass is 10.1. The number of rotatable bonds is 3. The summed E-state index contributed by atoms with van der Waals surface area (Å²) in [5, 5.41) is 12.1. The molecule has 0 aliphatic heterocycles. The van der Waals surface area contributed by atoms with E-state index in [-0.39, 0.29) is 15.6 Å². The molecule has 0 bridgehead atoms. The summed E-state index contributed by atoms with van der Waals surface area (Å²) in [4.78, 5) is 24.1. The van der Waals surface area contributed by atoms with Gasteiger partial charge in [0, 0.05) is 23.6 Å². The topological polar surface area (TPSA) is 66.4 Å². The van der Waals surface area contributed by atoms with Crippen molar-refractivity contribution >= 4 is 81.3 Å². The van der Waals surface area contributed by atoms with E-state index in [0.717, 1.165) is 0 Å². The van der Waals surface area contributed by atoms with Crippen molar-refractivity contribution in [3.8, 4) is 0 Å². The number of halogens is 4. The molecule has 0 atom stereocenters. The van der Waals surface area contributed by atoms with Crippen molar-refractivity contribution in [2.45, 2.75) is 0 Å². The lowest BCUT2D eigenvalue weighted by molar-refractivity contribution is 0.0691. The van der Waals surface area contributed by atoms with E-state index in [0.29, 0.717) is 19.1 Å². The highest BCUT2D eigenvalue weighted by Crippen LogP contribution is 2.42. The molecule has 0 saturated carbocycles. The van der Waals surface area contributed by atoms with E-state index in [4.69, 9.17) is 0 Å². The van der Waals surface area contributed by atoms with Gasteiger partial charge in [0.25, 0.3) is 5.91 Å². The number of carbonyl (C=O) groups excluding carboxylic acids is 1. The van der Waals surface area contributed by atoms with Gasteiger partial charge in [0.15, 0.2) is 0 Å². The molecule has 0 aromatic heterocycles. The Hall–Kier alpha value is -0.700. The summed E-state index contributed by atoms with van der Waals surface area (Å²) in [5.74, 6) is -1.73. The van der Waals surface area contributed by atoms with Crippen molar-refractivity contribution in [1.82, 2.24) is 0 Å². The SMILES string of the molecule is O=C(O)c1c(Br)c(Br)c(Br)c(Br)c1C(=O)Nc1ccccc1. The third-order valence-corrected chi connectivity index (χ3v) is 7.51. The number of para-hydroxylation sites is 1. The monoisotopic (exact) mass is 553 g/mol. The van der Waals surface area contributed by atoms with Gasteiger partial charge in [-0.05, 0) is 75.9 Å². The highest BCUT2D eigenvalue weighted by atomic mass is 79.9. The zero-order valence-corrected chi connectivity index (χ0v) is 17.0. The van der Waals surface area contributed by atoms with Crippen LogP contribution < -0.4 is 5.32 Å². The molecule has 8 heteroatoms. The van der Waals surface area contributed by atoms with Crippen LogP contribution in [0.1, 0.15) is 20.7 Å². The summed E-state index contributed by atoms with van der Waals surface area (Å²) in [5.41, 5.74) is 0.472. The number of benzene rings is 2. The summed E-state index contributed by atoms with van der Waals surface area (Å²) < 4.78 is 1.69. The smallest absolute Gasteiger partial charge is 0.337 e. The number of hydrogen-bond donors (Lipinski definition) is 2. The maximum Gasteiger partial charge on any atom is 0.337 e. The van der Waals surface area contributed by atoms with Crippen LogP contribution in [0.15, 0.2) is 48.2 Å². The minimum absolute atomic E-state index is 0.0262. The molecule has 1 amide bonds. The van der Waals surface area contributed by atoms with Gasteiger partial charge in [-0.2, -0.15) is 0 Å². The van der Waals surface area contributed by atoms with Crippen molar-refractivity contribution in [2.24, 2.45) is 0 Å². The first kappa shape index (κ1) is 17.7. The van der Waals surface area contributed by atoms with Gasteiger partial charge < -0.3 is 10.4 Å². The molecular formula is C14H7Br4NO3. The Kier molecular flexibility index (Phi) is 5.81. The fraction of sp³-hybridized carbons (Fsp3) is 0. The number of nitrogens with one attached hydrogen (secondary N) is 1. The summed E-state index contributed by atoms with van der Waals surface area (Å²) in [7, 11) is 0. The predicted molar refractivity (Wildman–Crippen MR) is 98.6 cm³/mol. The maximum absolute atomic E-state index is 12.5. The van der Waals surface area contributed by atoms with Crippen LogP contribution >= 0.6 is 63.7 Å². The van der Waals surface area contributed by atoms with Gasteiger partial charge in [-0.15, -0.1) is 0 Å². The molecule has 2 aromatic rings. The first-order chi connectivity index (χ1) is 10.3. The summed E-state index contributed by atoms with van der Waals surface area (Å²) in [6, 6.07) is 8.80. The fourth-order valence-corrected chi connectivity index (χ4v) is 4.23. The molecule has 0 saturated heterocycles. The van der Waals surface area contributed by atoms with Gasteiger partial charge in [-0.1, -0.05) is 18.2 Å². The Balaban J connectivity index is 2.59. The second-order valence-corrected chi connectivity index (χ2v) is 7.30. The molecule has 22 heavy (non-hydrogen) atoms. The zero-order valence-electron chi connectivity index (χ0n) is 10.7. The molecule has 0 heterocycles. The molecule has 2 aromatic carbocycles. The predicted octanol–water partition coefficient (Wildman–Crippen LogP) is 5.69. The summed E-state index contributed by atoms with van der Waals surface area (Å²) in [6.45, 7) is 0. The number of aromatic carboxylic acids is 1. The van der Waals surface area contributed by atoms with E-state index in [2.05, 4.69) is 69.0 Å². The van der Waals surface area contributed by atoms with Crippen LogP contribution in [0.4, 0.5) is 5.69 Å². The van der Waals surface area contributed by atoms with Crippen molar-refractivity contribution in [1.29, 1.82) is 0 Å². The number of amides is 1. The largest absolute Gasteiger partial charge is 0.478 e. The van der Waals surface area contributed by atoms with Crippen molar-refractivity contribution in [2.75, 3.05) is 5.32 Å². The van der Waals surface area contributed by atoms with Crippen LogP contribution in [0.5, 0.6) is 0 Å². The van der Waals surface area contributed by atoms with Gasteiger partial charge in [0.1, 0.15) is 0 Å². The highest BCUT2D eigenvalue weighted by molar-refractivity contribution is 9.15. The summed E-state index contributed by atoms with van der Waals surface area (Å²) in [6.07, 6.45) is 0. The van der Waals surface area contributed by atoms with Crippen molar-refractivity contribution in [3.63, 3.8) is 0 Å². The standard InChI is InChI=1S/C14H7Br4NO3/c15-9-7(13(20)19-6-4-2-1-3-5-6)8(14(21)22)10(16)12(18)11(9)17/h1-5H,(H,19,20)(H,21,22). The van der Waals surface area contributed by atoms with Crippen LogP contribution in [0.25, 0.3) is 0 Å². The molecule has 2 rings (SSSR count).